The molecule has 0 bridgehead atoms. The highest BCUT2D eigenvalue weighted by atomic mass is 19.4. The Morgan fingerprint density at radius 1 is 0.833 bits per heavy atom. The fraction of sp³-hybridized carbons (Fsp3) is 0.200. The van der Waals surface area contributed by atoms with Gasteiger partial charge < -0.3 is 10.6 Å². The van der Waals surface area contributed by atoms with Gasteiger partial charge in [0.2, 0.25) is 5.91 Å². The van der Waals surface area contributed by atoms with Crippen LogP contribution in [0.5, 0.6) is 0 Å². The van der Waals surface area contributed by atoms with E-state index in [1.807, 2.05) is 0 Å². The summed E-state index contributed by atoms with van der Waals surface area (Å²) in [6, 6.07) is 9.96. The quantitative estimate of drug-likeness (QED) is 0.552. The minimum atomic E-state index is -4.49. The lowest BCUT2D eigenvalue weighted by Gasteiger charge is -2.14. The van der Waals surface area contributed by atoms with Gasteiger partial charge in [-0.05, 0) is 36.4 Å². The second kappa shape index (κ2) is 8.36. The molecule has 0 saturated carbocycles. The minimum absolute atomic E-state index is 0.00765. The predicted molar refractivity (Wildman–Crippen MR) is 98.6 cm³/mol. The summed E-state index contributed by atoms with van der Waals surface area (Å²) in [6.45, 7) is -0.443. The standard InChI is InChI=1S/C20H16F3N3O4/c21-20(22,23)13-7-5-12(6-8-13)17(28)25-10-9-24-16(27)11-26-18(29)14-3-1-2-4-15(14)19(26)30/h1-8H,9-11H2,(H,24,27)(H,25,28). The van der Waals surface area contributed by atoms with E-state index in [1.165, 1.54) is 12.1 Å². The average Bonchev–Trinajstić information content (AvgIpc) is 2.95. The van der Waals surface area contributed by atoms with Crippen LogP contribution in [0.1, 0.15) is 36.6 Å². The van der Waals surface area contributed by atoms with Crippen LogP contribution in [0, 0.1) is 0 Å². The summed E-state index contributed by atoms with van der Waals surface area (Å²) in [4.78, 5) is 49.2. The Morgan fingerprint density at radius 2 is 1.37 bits per heavy atom. The molecule has 7 nitrogen and oxygen atoms in total. The molecule has 0 radical (unpaired) electrons. The van der Waals surface area contributed by atoms with Crippen molar-refractivity contribution < 1.29 is 32.3 Å². The number of nitrogens with one attached hydrogen (secondary N) is 2. The molecule has 0 aromatic heterocycles. The Hall–Kier alpha value is -3.69. The summed E-state index contributed by atoms with van der Waals surface area (Å²) in [5, 5.41) is 4.92. The number of fused-ring (bicyclic) bond motifs is 1. The molecule has 1 heterocycles. The minimum Gasteiger partial charge on any atom is -0.353 e. The Bertz CT molecular complexity index is 968. The largest absolute Gasteiger partial charge is 0.416 e. The van der Waals surface area contributed by atoms with Crippen molar-refractivity contribution in [1.82, 2.24) is 15.5 Å². The van der Waals surface area contributed by atoms with Crippen LogP contribution in [0.2, 0.25) is 0 Å². The first-order valence-electron chi connectivity index (χ1n) is 8.86. The topological polar surface area (TPSA) is 95.6 Å². The van der Waals surface area contributed by atoms with Gasteiger partial charge in [0.25, 0.3) is 17.7 Å². The van der Waals surface area contributed by atoms with Crippen LogP contribution in [0.25, 0.3) is 0 Å². The molecule has 1 aliphatic heterocycles. The van der Waals surface area contributed by atoms with Crippen molar-refractivity contribution in [3.8, 4) is 0 Å². The number of imide groups is 1. The van der Waals surface area contributed by atoms with Gasteiger partial charge in [0, 0.05) is 18.7 Å². The third-order valence-electron chi connectivity index (χ3n) is 4.39. The molecule has 2 aromatic carbocycles. The number of hydrogen-bond acceptors (Lipinski definition) is 4. The van der Waals surface area contributed by atoms with E-state index in [-0.39, 0.29) is 29.8 Å². The molecule has 10 heteroatoms. The van der Waals surface area contributed by atoms with Crippen LogP contribution in [0.15, 0.2) is 48.5 Å². The van der Waals surface area contributed by atoms with Crippen molar-refractivity contribution in [2.75, 3.05) is 19.6 Å². The fourth-order valence-corrected chi connectivity index (χ4v) is 2.87. The number of nitrogens with zero attached hydrogens (tertiary/aromatic N) is 1. The maximum Gasteiger partial charge on any atom is 0.416 e. The normalized spacial score (nSPS) is 13.2. The van der Waals surface area contributed by atoms with Crippen LogP contribution in [0.4, 0.5) is 13.2 Å². The summed E-state index contributed by atoms with van der Waals surface area (Å²) in [5.41, 5.74) is -0.349. The van der Waals surface area contributed by atoms with Crippen LogP contribution in [0.3, 0.4) is 0 Å². The van der Waals surface area contributed by atoms with E-state index in [4.69, 9.17) is 0 Å². The van der Waals surface area contributed by atoms with Gasteiger partial charge in [-0.25, -0.2) is 0 Å². The molecular weight excluding hydrogens is 403 g/mol. The Labute approximate surface area is 168 Å². The summed E-state index contributed by atoms with van der Waals surface area (Å²) in [6.07, 6.45) is -4.49. The van der Waals surface area contributed by atoms with Crippen LogP contribution < -0.4 is 10.6 Å². The second-order valence-electron chi connectivity index (χ2n) is 6.42. The third kappa shape index (κ3) is 4.48. The zero-order valence-corrected chi connectivity index (χ0v) is 15.5. The SMILES string of the molecule is O=C(CN1C(=O)c2ccccc2C1=O)NCCNC(=O)c1ccc(C(F)(F)F)cc1. The van der Waals surface area contributed by atoms with Gasteiger partial charge in [0.05, 0.1) is 16.7 Å². The zero-order chi connectivity index (χ0) is 21.9. The van der Waals surface area contributed by atoms with Crippen molar-refractivity contribution in [3.05, 3.63) is 70.8 Å². The number of benzene rings is 2. The van der Waals surface area contributed by atoms with Crippen molar-refractivity contribution >= 4 is 23.6 Å². The highest BCUT2D eigenvalue weighted by Crippen LogP contribution is 2.29. The van der Waals surface area contributed by atoms with Gasteiger partial charge in [0.15, 0.2) is 0 Å². The van der Waals surface area contributed by atoms with Crippen molar-refractivity contribution in [3.63, 3.8) is 0 Å². The van der Waals surface area contributed by atoms with E-state index >= 15 is 0 Å². The first kappa shape index (κ1) is 21.0. The molecule has 2 N–H and O–H groups in total. The maximum atomic E-state index is 12.5. The molecule has 0 saturated heterocycles. The molecule has 4 amide bonds. The van der Waals surface area contributed by atoms with Crippen molar-refractivity contribution in [1.29, 1.82) is 0 Å². The number of rotatable bonds is 6. The molecular formula is C20H16F3N3O4. The Balaban J connectivity index is 1.44. The van der Waals surface area contributed by atoms with Gasteiger partial charge in [-0.3, -0.25) is 24.1 Å². The number of alkyl halides is 3. The van der Waals surface area contributed by atoms with E-state index in [0.29, 0.717) is 0 Å². The van der Waals surface area contributed by atoms with Gasteiger partial charge in [0.1, 0.15) is 6.54 Å². The number of amides is 4. The monoisotopic (exact) mass is 419 g/mol. The van der Waals surface area contributed by atoms with Gasteiger partial charge >= 0.3 is 6.18 Å². The molecule has 0 fully saturated rings. The van der Waals surface area contributed by atoms with Crippen LogP contribution in [-0.2, 0) is 11.0 Å². The summed E-state index contributed by atoms with van der Waals surface area (Å²) in [7, 11) is 0. The molecule has 0 aliphatic carbocycles. The lowest BCUT2D eigenvalue weighted by molar-refractivity contribution is -0.137. The fourth-order valence-electron chi connectivity index (χ4n) is 2.87. The lowest BCUT2D eigenvalue weighted by atomic mass is 10.1. The van der Waals surface area contributed by atoms with E-state index in [0.717, 1.165) is 29.2 Å². The van der Waals surface area contributed by atoms with Crippen LogP contribution >= 0.6 is 0 Å². The number of carbonyl (C=O) groups excluding carboxylic acids is 4. The van der Waals surface area contributed by atoms with Crippen molar-refractivity contribution in [2.45, 2.75) is 6.18 Å². The predicted octanol–water partition coefficient (Wildman–Crippen LogP) is 1.85. The first-order chi connectivity index (χ1) is 14.2. The summed E-state index contributed by atoms with van der Waals surface area (Å²) in [5.74, 6) is -2.30. The van der Waals surface area contributed by atoms with Gasteiger partial charge in [-0.1, -0.05) is 12.1 Å². The smallest absolute Gasteiger partial charge is 0.353 e. The van der Waals surface area contributed by atoms with E-state index < -0.39 is 41.9 Å². The van der Waals surface area contributed by atoms with Gasteiger partial charge in [-0.15, -0.1) is 0 Å². The van der Waals surface area contributed by atoms with Crippen LogP contribution in [-0.4, -0.2) is 48.2 Å². The highest BCUT2D eigenvalue weighted by molar-refractivity contribution is 6.22. The molecule has 156 valence electrons. The number of hydrogen-bond donors (Lipinski definition) is 2. The maximum absolute atomic E-state index is 12.5. The van der Waals surface area contributed by atoms with Crippen molar-refractivity contribution in [2.24, 2.45) is 0 Å². The number of halogens is 3. The Morgan fingerprint density at radius 3 is 1.90 bits per heavy atom. The lowest BCUT2D eigenvalue weighted by Crippen LogP contribution is -2.42. The summed E-state index contributed by atoms with van der Waals surface area (Å²) >= 11 is 0. The molecule has 2 aromatic rings. The average molecular weight is 419 g/mol. The van der Waals surface area contributed by atoms with Gasteiger partial charge in [-0.2, -0.15) is 13.2 Å². The molecule has 3 rings (SSSR count). The number of carbonyl (C=O) groups is 4. The molecule has 0 atom stereocenters. The van der Waals surface area contributed by atoms with E-state index in [2.05, 4.69) is 10.6 Å². The summed E-state index contributed by atoms with van der Waals surface area (Å²) < 4.78 is 37.6. The Kier molecular flexibility index (Phi) is 5.86. The molecule has 0 spiro atoms. The molecule has 0 unspecified atom stereocenters. The van der Waals surface area contributed by atoms with E-state index in [9.17, 15) is 32.3 Å². The molecule has 30 heavy (non-hydrogen) atoms. The van der Waals surface area contributed by atoms with E-state index in [1.54, 1.807) is 12.1 Å². The third-order valence-corrected chi connectivity index (χ3v) is 4.39. The zero-order valence-electron chi connectivity index (χ0n) is 15.5. The highest BCUT2D eigenvalue weighted by Gasteiger charge is 2.36. The first-order valence-corrected chi connectivity index (χ1v) is 8.86. The molecule has 1 aliphatic rings. The second-order valence-corrected chi connectivity index (χ2v) is 6.42.